The molecule has 0 fully saturated rings. The van der Waals surface area contributed by atoms with Crippen molar-refractivity contribution in [1.29, 1.82) is 0 Å². The largest absolute Gasteiger partial charge is 0.480 e. The summed E-state index contributed by atoms with van der Waals surface area (Å²) in [6.07, 6.45) is -7.81. The Hall–Kier alpha value is -3.68. The minimum absolute atomic E-state index is 0.0428. The number of aliphatic carboxylic acids is 1. The first-order valence-corrected chi connectivity index (χ1v) is 11.7. The molecule has 10 nitrogen and oxygen atoms in total. The maximum absolute atomic E-state index is 13.1. The van der Waals surface area contributed by atoms with Crippen molar-refractivity contribution in [2.75, 3.05) is 0 Å². The predicted octanol–water partition coefficient (Wildman–Crippen LogP) is 3.89. The van der Waals surface area contributed by atoms with E-state index >= 15 is 0 Å². The number of aliphatic hydroxyl groups is 1. The van der Waals surface area contributed by atoms with E-state index in [0.29, 0.717) is 15.2 Å². The van der Waals surface area contributed by atoms with Crippen LogP contribution in [0.4, 0.5) is 13.2 Å². The first-order valence-electron chi connectivity index (χ1n) is 11.0. The third-order valence-electron chi connectivity index (χ3n) is 5.56. The first-order chi connectivity index (χ1) is 17.9. The Morgan fingerprint density at radius 3 is 2.32 bits per heavy atom. The highest BCUT2D eigenvalue weighted by Crippen LogP contribution is 2.29. The topological polar surface area (TPSA) is 128 Å². The van der Waals surface area contributed by atoms with Gasteiger partial charge in [-0.05, 0) is 43.3 Å². The molecule has 2 aromatic heterocycles. The van der Waals surface area contributed by atoms with Crippen molar-refractivity contribution in [2.45, 2.75) is 38.3 Å². The van der Waals surface area contributed by atoms with Gasteiger partial charge in [0.15, 0.2) is 23.6 Å². The molecule has 0 saturated carbocycles. The van der Waals surface area contributed by atoms with E-state index in [4.69, 9.17) is 23.2 Å². The fourth-order valence-electron chi connectivity index (χ4n) is 3.57. The van der Waals surface area contributed by atoms with E-state index in [1.165, 1.54) is 31.2 Å². The molecule has 0 aliphatic carbocycles. The van der Waals surface area contributed by atoms with Gasteiger partial charge in [0, 0.05) is 16.1 Å². The molecule has 0 amide bonds. The first kappa shape index (κ1) is 27.4. The van der Waals surface area contributed by atoms with Crippen LogP contribution in [-0.2, 0) is 17.9 Å². The van der Waals surface area contributed by atoms with Gasteiger partial charge in [0.2, 0.25) is 0 Å². The van der Waals surface area contributed by atoms with Gasteiger partial charge in [-0.3, -0.25) is 4.57 Å². The number of aliphatic hydroxyl groups excluding tert-OH is 1. The minimum Gasteiger partial charge on any atom is -0.480 e. The summed E-state index contributed by atoms with van der Waals surface area (Å²) < 4.78 is 41.9. The van der Waals surface area contributed by atoms with Gasteiger partial charge >= 0.3 is 17.8 Å². The molecule has 2 atom stereocenters. The van der Waals surface area contributed by atoms with E-state index in [-0.39, 0.29) is 28.1 Å². The van der Waals surface area contributed by atoms with Crippen LogP contribution in [0.5, 0.6) is 0 Å². The number of halogens is 5. The Morgan fingerprint density at radius 2 is 1.71 bits per heavy atom. The molecule has 0 aliphatic heterocycles. The van der Waals surface area contributed by atoms with Crippen LogP contribution in [0.2, 0.25) is 10.0 Å². The van der Waals surface area contributed by atoms with E-state index in [0.717, 1.165) is 9.36 Å². The average molecular weight is 571 g/mol. The molecule has 2 heterocycles. The highest BCUT2D eigenvalue weighted by atomic mass is 35.5. The molecule has 0 saturated heterocycles. The van der Waals surface area contributed by atoms with Crippen LogP contribution in [0, 0.1) is 0 Å². The fraction of sp³-hybridized carbons (Fsp3) is 0.261. The number of hydrogen-bond donors (Lipinski definition) is 2. The Kier molecular flexibility index (Phi) is 7.63. The zero-order chi connectivity index (χ0) is 27.8. The SMILES string of the molecule is CC(C(=O)O)n1nc(Cn2nc(-c3ccc(Cl)cc3)n(C[C@H](O)C(F)(F)F)c2=O)nc1-c1ccccc1Cl. The van der Waals surface area contributed by atoms with Crippen molar-refractivity contribution < 1.29 is 28.2 Å². The standard InChI is InChI=1S/C23H19Cl2F3N6O4/c1-12(21(36)37)34-20(15-4-2-3-5-16(15)25)29-18(30-34)11-33-22(38)32(10-17(35)23(26,27)28)19(31-33)13-6-8-14(24)9-7-13/h2-9,12,17,35H,10-11H2,1H3,(H,36,37)/t12?,17-/m0/s1. The van der Waals surface area contributed by atoms with Gasteiger partial charge in [-0.1, -0.05) is 35.3 Å². The molecule has 2 aromatic carbocycles. The number of hydrogen-bond acceptors (Lipinski definition) is 6. The van der Waals surface area contributed by atoms with Crippen LogP contribution in [0.3, 0.4) is 0 Å². The zero-order valence-electron chi connectivity index (χ0n) is 19.5. The van der Waals surface area contributed by atoms with Crippen LogP contribution < -0.4 is 5.69 Å². The van der Waals surface area contributed by atoms with Crippen molar-refractivity contribution in [3.63, 3.8) is 0 Å². The number of nitrogens with zero attached hydrogens (tertiary/aromatic N) is 6. The van der Waals surface area contributed by atoms with Crippen LogP contribution in [-0.4, -0.2) is 57.6 Å². The molecule has 38 heavy (non-hydrogen) atoms. The number of carbonyl (C=O) groups is 1. The smallest absolute Gasteiger partial charge is 0.416 e. The van der Waals surface area contributed by atoms with E-state index < -0.39 is 43.1 Å². The van der Waals surface area contributed by atoms with Crippen molar-refractivity contribution in [3.8, 4) is 22.8 Å². The lowest BCUT2D eigenvalue weighted by molar-refractivity contribution is -0.207. The molecule has 0 spiro atoms. The molecular weight excluding hydrogens is 552 g/mol. The van der Waals surface area contributed by atoms with Crippen LogP contribution in [0.15, 0.2) is 53.3 Å². The summed E-state index contributed by atoms with van der Waals surface area (Å²) in [6.45, 7) is -0.145. The van der Waals surface area contributed by atoms with E-state index in [2.05, 4.69) is 15.2 Å². The summed E-state index contributed by atoms with van der Waals surface area (Å²) in [5, 5.41) is 28.2. The van der Waals surface area contributed by atoms with Crippen LogP contribution in [0.25, 0.3) is 22.8 Å². The fourth-order valence-corrected chi connectivity index (χ4v) is 3.91. The molecule has 4 aromatic rings. The van der Waals surface area contributed by atoms with E-state index in [1.54, 1.807) is 24.3 Å². The lowest BCUT2D eigenvalue weighted by atomic mass is 10.2. The van der Waals surface area contributed by atoms with E-state index in [1.807, 2.05) is 0 Å². The third kappa shape index (κ3) is 5.59. The van der Waals surface area contributed by atoms with Crippen molar-refractivity contribution in [2.24, 2.45) is 0 Å². The molecule has 4 rings (SSSR count). The Bertz CT molecular complexity index is 1530. The summed E-state index contributed by atoms with van der Waals surface area (Å²) in [5.41, 5.74) is -0.316. The van der Waals surface area contributed by atoms with Crippen LogP contribution >= 0.6 is 23.2 Å². The van der Waals surface area contributed by atoms with Crippen molar-refractivity contribution in [1.82, 2.24) is 29.1 Å². The van der Waals surface area contributed by atoms with Gasteiger partial charge < -0.3 is 10.2 Å². The molecule has 200 valence electrons. The lowest BCUT2D eigenvalue weighted by Crippen LogP contribution is -2.37. The Balaban J connectivity index is 1.80. The number of aromatic nitrogens is 6. The molecule has 0 aliphatic rings. The molecule has 0 radical (unpaired) electrons. The summed E-state index contributed by atoms with van der Waals surface area (Å²) >= 11 is 12.2. The highest BCUT2D eigenvalue weighted by molar-refractivity contribution is 6.33. The monoisotopic (exact) mass is 570 g/mol. The number of benzene rings is 2. The van der Waals surface area contributed by atoms with Crippen LogP contribution in [0.1, 0.15) is 18.8 Å². The number of alkyl halides is 3. The van der Waals surface area contributed by atoms with Crippen molar-refractivity contribution in [3.05, 3.63) is 74.9 Å². The summed E-state index contributed by atoms with van der Waals surface area (Å²) in [7, 11) is 0. The molecular formula is C23H19Cl2F3N6O4. The number of carboxylic acids is 1. The van der Waals surface area contributed by atoms with Gasteiger partial charge in [-0.25, -0.2) is 23.9 Å². The van der Waals surface area contributed by atoms with E-state index in [9.17, 15) is 33.0 Å². The molecule has 2 N–H and O–H groups in total. The molecule has 0 bridgehead atoms. The second-order valence-corrected chi connectivity index (χ2v) is 9.07. The maximum atomic E-state index is 13.1. The van der Waals surface area contributed by atoms with Gasteiger partial charge in [-0.15, -0.1) is 5.10 Å². The minimum atomic E-state index is -4.98. The summed E-state index contributed by atoms with van der Waals surface area (Å²) in [4.78, 5) is 29.2. The maximum Gasteiger partial charge on any atom is 0.416 e. The quantitative estimate of drug-likeness (QED) is 0.329. The lowest BCUT2D eigenvalue weighted by Gasteiger charge is -2.15. The summed E-state index contributed by atoms with van der Waals surface area (Å²) in [5.74, 6) is -1.29. The van der Waals surface area contributed by atoms with Crippen molar-refractivity contribution >= 4 is 29.2 Å². The molecule has 15 heteroatoms. The number of carboxylic acid groups (broad SMARTS) is 1. The summed E-state index contributed by atoms with van der Waals surface area (Å²) in [6, 6.07) is 11.2. The number of rotatable bonds is 8. The normalized spacial score (nSPS) is 13.4. The third-order valence-corrected chi connectivity index (χ3v) is 6.15. The molecule has 1 unspecified atom stereocenters. The Morgan fingerprint density at radius 1 is 1.05 bits per heavy atom. The van der Waals surface area contributed by atoms with Gasteiger partial charge in [-0.2, -0.15) is 18.3 Å². The average Bonchev–Trinajstić information content (AvgIpc) is 3.40. The highest BCUT2D eigenvalue weighted by Gasteiger charge is 2.39. The second kappa shape index (κ2) is 10.6. The van der Waals surface area contributed by atoms with Gasteiger partial charge in [0.1, 0.15) is 12.6 Å². The predicted molar refractivity (Wildman–Crippen MR) is 131 cm³/mol. The Labute approximate surface area is 222 Å². The zero-order valence-corrected chi connectivity index (χ0v) is 21.0. The second-order valence-electron chi connectivity index (χ2n) is 8.23. The van der Waals surface area contributed by atoms with Gasteiger partial charge in [0.05, 0.1) is 11.6 Å². The van der Waals surface area contributed by atoms with Gasteiger partial charge in [0.25, 0.3) is 0 Å².